The molecule has 0 N–H and O–H groups in total. The normalized spacial score (nSPS) is 10.5. The minimum Gasteiger partial charge on any atom is -0.494 e. The van der Waals surface area contributed by atoms with Gasteiger partial charge in [-0.3, -0.25) is 0 Å². The quantitative estimate of drug-likeness (QED) is 0.610. The molecule has 0 saturated carbocycles. The second-order valence-corrected chi connectivity index (χ2v) is 4.41. The number of nitrogens with zero attached hydrogens (tertiary/aromatic N) is 2. The molecular weight excluding hydrogens is 267 g/mol. The lowest BCUT2D eigenvalue weighted by Crippen LogP contribution is -1.96. The van der Waals surface area contributed by atoms with E-state index < -0.39 is 5.82 Å². The van der Waals surface area contributed by atoms with Crippen molar-refractivity contribution < 1.29 is 9.13 Å². The predicted octanol–water partition coefficient (Wildman–Crippen LogP) is 4.12. The largest absolute Gasteiger partial charge is 0.494 e. The second-order valence-electron chi connectivity index (χ2n) is 4.05. The Balaban J connectivity index is 2.16. The highest BCUT2D eigenvalue weighted by atomic mass is 35.5. The van der Waals surface area contributed by atoms with Crippen LogP contribution in [-0.4, -0.2) is 16.6 Å². The Morgan fingerprint density at radius 2 is 1.95 bits per heavy atom. The van der Waals surface area contributed by atoms with Gasteiger partial charge in [0.25, 0.3) is 0 Å². The lowest BCUT2D eigenvalue weighted by atomic mass is 10.1. The summed E-state index contributed by atoms with van der Waals surface area (Å²) in [6.07, 6.45) is 3.34. The van der Waals surface area contributed by atoms with Gasteiger partial charge in [-0.2, -0.15) is 0 Å². The third kappa shape index (κ3) is 3.41. The van der Waals surface area contributed by atoms with E-state index in [9.17, 15) is 4.39 Å². The molecule has 100 valence electrons. The second kappa shape index (κ2) is 6.48. The smallest absolute Gasteiger partial charge is 0.186 e. The Bertz CT molecular complexity index is 546. The first-order chi connectivity index (χ1) is 9.22. The van der Waals surface area contributed by atoms with Crippen LogP contribution in [0.1, 0.15) is 19.8 Å². The average molecular weight is 281 g/mol. The Labute approximate surface area is 116 Å². The van der Waals surface area contributed by atoms with E-state index in [-0.39, 0.29) is 10.8 Å². The molecule has 0 radical (unpaired) electrons. The first kappa shape index (κ1) is 13.7. The van der Waals surface area contributed by atoms with Gasteiger partial charge < -0.3 is 4.74 Å². The van der Waals surface area contributed by atoms with Gasteiger partial charge in [0.1, 0.15) is 17.8 Å². The van der Waals surface area contributed by atoms with Crippen molar-refractivity contribution in [2.75, 3.05) is 6.61 Å². The third-order valence-electron chi connectivity index (χ3n) is 2.64. The van der Waals surface area contributed by atoms with Crippen molar-refractivity contribution in [1.82, 2.24) is 9.97 Å². The summed E-state index contributed by atoms with van der Waals surface area (Å²) >= 11 is 5.63. The summed E-state index contributed by atoms with van der Waals surface area (Å²) < 4.78 is 19.3. The van der Waals surface area contributed by atoms with Gasteiger partial charge in [0.15, 0.2) is 11.0 Å². The molecule has 0 aliphatic carbocycles. The number of halogens is 2. The fourth-order valence-corrected chi connectivity index (χ4v) is 1.73. The van der Waals surface area contributed by atoms with Crippen LogP contribution in [0.25, 0.3) is 11.3 Å². The molecule has 0 fully saturated rings. The van der Waals surface area contributed by atoms with E-state index in [1.54, 1.807) is 24.3 Å². The standard InChI is InChI=1S/C14H14ClFN2O/c1-2-3-8-19-11-6-4-10(5-7-11)13-12(16)14(15)18-9-17-13/h4-7,9H,2-3,8H2,1H3. The zero-order chi connectivity index (χ0) is 13.7. The first-order valence-electron chi connectivity index (χ1n) is 6.11. The number of hydrogen-bond donors (Lipinski definition) is 0. The summed E-state index contributed by atoms with van der Waals surface area (Å²) in [6, 6.07) is 7.09. The molecule has 5 heteroatoms. The summed E-state index contributed by atoms with van der Waals surface area (Å²) in [6.45, 7) is 2.79. The highest BCUT2D eigenvalue weighted by molar-refractivity contribution is 6.29. The lowest BCUT2D eigenvalue weighted by molar-refractivity contribution is 0.309. The molecule has 0 atom stereocenters. The first-order valence-corrected chi connectivity index (χ1v) is 6.49. The van der Waals surface area contributed by atoms with Crippen molar-refractivity contribution in [2.45, 2.75) is 19.8 Å². The molecule has 0 unspecified atom stereocenters. The molecule has 0 amide bonds. The lowest BCUT2D eigenvalue weighted by Gasteiger charge is -2.07. The van der Waals surface area contributed by atoms with Crippen LogP contribution in [0.15, 0.2) is 30.6 Å². The summed E-state index contributed by atoms with van der Waals surface area (Å²) in [7, 11) is 0. The van der Waals surface area contributed by atoms with E-state index in [0.29, 0.717) is 12.2 Å². The molecule has 1 aromatic carbocycles. The summed E-state index contributed by atoms with van der Waals surface area (Å²) in [5.74, 6) is 0.154. The molecule has 0 aliphatic heterocycles. The molecule has 0 saturated heterocycles. The number of aromatic nitrogens is 2. The van der Waals surface area contributed by atoms with Crippen LogP contribution in [0.2, 0.25) is 5.15 Å². The number of benzene rings is 1. The maximum absolute atomic E-state index is 13.7. The average Bonchev–Trinajstić information content (AvgIpc) is 2.43. The summed E-state index contributed by atoms with van der Waals surface area (Å²) in [5, 5.41) is -0.173. The van der Waals surface area contributed by atoms with Gasteiger partial charge in [0.2, 0.25) is 0 Å². The molecule has 1 heterocycles. The Kier molecular flexibility index (Phi) is 4.68. The molecule has 1 aromatic heterocycles. The van der Waals surface area contributed by atoms with Crippen molar-refractivity contribution in [3.05, 3.63) is 41.6 Å². The van der Waals surface area contributed by atoms with Gasteiger partial charge in [-0.05, 0) is 30.7 Å². The van der Waals surface area contributed by atoms with Gasteiger partial charge in [0, 0.05) is 5.56 Å². The van der Waals surface area contributed by atoms with E-state index in [4.69, 9.17) is 16.3 Å². The number of hydrogen-bond acceptors (Lipinski definition) is 3. The van der Waals surface area contributed by atoms with E-state index in [2.05, 4.69) is 16.9 Å². The maximum atomic E-state index is 13.7. The van der Waals surface area contributed by atoms with Gasteiger partial charge >= 0.3 is 0 Å². The number of rotatable bonds is 5. The van der Waals surface area contributed by atoms with Crippen LogP contribution in [-0.2, 0) is 0 Å². The zero-order valence-electron chi connectivity index (χ0n) is 10.6. The monoisotopic (exact) mass is 280 g/mol. The highest BCUT2D eigenvalue weighted by Gasteiger charge is 2.11. The molecular formula is C14H14ClFN2O. The SMILES string of the molecule is CCCCOc1ccc(-c2ncnc(Cl)c2F)cc1. The molecule has 2 aromatic rings. The maximum Gasteiger partial charge on any atom is 0.186 e. The molecule has 0 bridgehead atoms. The Hall–Kier alpha value is -1.68. The molecule has 0 aliphatic rings. The van der Waals surface area contributed by atoms with Gasteiger partial charge in [-0.15, -0.1) is 0 Å². The zero-order valence-corrected chi connectivity index (χ0v) is 11.3. The van der Waals surface area contributed by atoms with Gasteiger partial charge in [0.05, 0.1) is 6.61 Å². The van der Waals surface area contributed by atoms with Crippen molar-refractivity contribution in [3.8, 4) is 17.0 Å². The highest BCUT2D eigenvalue weighted by Crippen LogP contribution is 2.25. The molecule has 2 rings (SSSR count). The van der Waals surface area contributed by atoms with E-state index >= 15 is 0 Å². The van der Waals surface area contributed by atoms with Crippen molar-refractivity contribution >= 4 is 11.6 Å². The van der Waals surface area contributed by atoms with Crippen LogP contribution in [0.4, 0.5) is 4.39 Å². The number of ether oxygens (including phenoxy) is 1. The van der Waals surface area contributed by atoms with Crippen LogP contribution in [0, 0.1) is 5.82 Å². The van der Waals surface area contributed by atoms with Crippen LogP contribution in [0.3, 0.4) is 0 Å². The third-order valence-corrected chi connectivity index (χ3v) is 2.90. The molecule has 19 heavy (non-hydrogen) atoms. The van der Waals surface area contributed by atoms with Crippen molar-refractivity contribution in [1.29, 1.82) is 0 Å². The number of unbranched alkanes of at least 4 members (excludes halogenated alkanes) is 1. The van der Waals surface area contributed by atoms with E-state index in [0.717, 1.165) is 18.6 Å². The predicted molar refractivity (Wildman–Crippen MR) is 72.8 cm³/mol. The topological polar surface area (TPSA) is 35.0 Å². The van der Waals surface area contributed by atoms with Gasteiger partial charge in [-0.1, -0.05) is 24.9 Å². The minimum atomic E-state index is -0.608. The van der Waals surface area contributed by atoms with Crippen LogP contribution < -0.4 is 4.74 Å². The van der Waals surface area contributed by atoms with E-state index in [1.165, 1.54) is 6.33 Å². The Morgan fingerprint density at radius 3 is 2.63 bits per heavy atom. The molecule has 0 spiro atoms. The minimum absolute atomic E-state index is 0.173. The van der Waals surface area contributed by atoms with Crippen LogP contribution in [0.5, 0.6) is 5.75 Å². The summed E-state index contributed by atoms with van der Waals surface area (Å²) in [4.78, 5) is 7.49. The van der Waals surface area contributed by atoms with Crippen LogP contribution >= 0.6 is 11.6 Å². The molecule has 3 nitrogen and oxygen atoms in total. The fourth-order valence-electron chi connectivity index (χ4n) is 1.59. The Morgan fingerprint density at radius 1 is 1.21 bits per heavy atom. The van der Waals surface area contributed by atoms with Crippen molar-refractivity contribution in [2.24, 2.45) is 0 Å². The van der Waals surface area contributed by atoms with Crippen molar-refractivity contribution in [3.63, 3.8) is 0 Å². The van der Waals surface area contributed by atoms with Gasteiger partial charge in [-0.25, -0.2) is 14.4 Å². The van der Waals surface area contributed by atoms with E-state index in [1.807, 2.05) is 0 Å². The summed E-state index contributed by atoms with van der Waals surface area (Å²) in [5.41, 5.74) is 0.838. The fraction of sp³-hybridized carbons (Fsp3) is 0.286.